The van der Waals surface area contributed by atoms with Gasteiger partial charge in [0.25, 0.3) is 0 Å². The van der Waals surface area contributed by atoms with E-state index in [-0.39, 0.29) is 5.78 Å². The van der Waals surface area contributed by atoms with E-state index in [1.54, 1.807) is 23.7 Å². The lowest BCUT2D eigenvalue weighted by Gasteiger charge is -1.98. The first-order valence-electron chi connectivity index (χ1n) is 4.77. The number of hydrogen-bond acceptors (Lipinski definition) is 3. The fourth-order valence-electron chi connectivity index (χ4n) is 1.40. The van der Waals surface area contributed by atoms with Gasteiger partial charge >= 0.3 is 0 Å². The molecule has 76 valence electrons. The Balaban J connectivity index is 1.94. The Morgan fingerprint density at radius 1 is 1.27 bits per heavy atom. The molecule has 15 heavy (non-hydrogen) atoms. The van der Waals surface area contributed by atoms with Crippen molar-refractivity contribution in [3.05, 3.63) is 52.5 Å². The van der Waals surface area contributed by atoms with Gasteiger partial charge < -0.3 is 0 Å². The molecule has 0 bridgehead atoms. The Kier molecular flexibility index (Phi) is 3.25. The first kappa shape index (κ1) is 10.1. The maximum absolute atomic E-state index is 11.7. The fourth-order valence-corrected chi connectivity index (χ4v) is 2.13. The molecule has 2 rings (SSSR count). The smallest absolute Gasteiger partial charge is 0.142 e. The number of rotatable bonds is 4. The monoisotopic (exact) mass is 217 g/mol. The average molecular weight is 217 g/mol. The van der Waals surface area contributed by atoms with Crippen molar-refractivity contribution < 1.29 is 4.79 Å². The molecule has 0 radical (unpaired) electrons. The van der Waals surface area contributed by atoms with Gasteiger partial charge in [0.05, 0.1) is 0 Å². The van der Waals surface area contributed by atoms with Crippen LogP contribution in [0.15, 0.2) is 42.0 Å². The third-order valence-corrected chi connectivity index (χ3v) is 2.95. The standard InChI is InChI=1S/C12H11NOS/c14-11(8-12-4-2-6-15-12)7-10-3-1-5-13-9-10/h1-6,9H,7-8H2. The third-order valence-electron chi connectivity index (χ3n) is 2.08. The molecule has 0 N–H and O–H groups in total. The van der Waals surface area contributed by atoms with E-state index in [0.29, 0.717) is 12.8 Å². The molecule has 0 aromatic carbocycles. The van der Waals surface area contributed by atoms with Crippen LogP contribution < -0.4 is 0 Å². The summed E-state index contributed by atoms with van der Waals surface area (Å²) in [7, 11) is 0. The summed E-state index contributed by atoms with van der Waals surface area (Å²) in [6, 6.07) is 7.75. The molecule has 0 atom stereocenters. The number of hydrogen-bond donors (Lipinski definition) is 0. The van der Waals surface area contributed by atoms with Gasteiger partial charge in [-0.2, -0.15) is 0 Å². The Labute approximate surface area is 92.6 Å². The van der Waals surface area contributed by atoms with Crippen LogP contribution in [0.1, 0.15) is 10.4 Å². The number of Topliss-reactive ketones (excluding diaryl/α,β-unsaturated/α-hetero) is 1. The Morgan fingerprint density at radius 3 is 2.87 bits per heavy atom. The molecule has 0 saturated carbocycles. The van der Waals surface area contributed by atoms with Crippen molar-refractivity contribution in [1.29, 1.82) is 0 Å². The van der Waals surface area contributed by atoms with E-state index >= 15 is 0 Å². The molecule has 0 saturated heterocycles. The van der Waals surface area contributed by atoms with Gasteiger partial charge in [-0.3, -0.25) is 9.78 Å². The molecule has 0 fully saturated rings. The zero-order valence-electron chi connectivity index (χ0n) is 8.22. The molecule has 2 aromatic rings. The molecule has 0 aliphatic carbocycles. The van der Waals surface area contributed by atoms with Gasteiger partial charge in [-0.05, 0) is 23.1 Å². The molecule has 2 nitrogen and oxygen atoms in total. The zero-order chi connectivity index (χ0) is 10.5. The first-order chi connectivity index (χ1) is 7.34. The third kappa shape index (κ3) is 2.99. The Bertz CT molecular complexity index is 422. The molecule has 0 unspecified atom stereocenters. The summed E-state index contributed by atoms with van der Waals surface area (Å²) >= 11 is 1.63. The number of carbonyl (C=O) groups is 1. The largest absolute Gasteiger partial charge is 0.299 e. The van der Waals surface area contributed by atoms with Gasteiger partial charge in [0, 0.05) is 30.1 Å². The highest BCUT2D eigenvalue weighted by Crippen LogP contribution is 2.10. The van der Waals surface area contributed by atoms with E-state index in [2.05, 4.69) is 4.98 Å². The molecule has 2 aromatic heterocycles. The average Bonchev–Trinajstić information content (AvgIpc) is 2.71. The van der Waals surface area contributed by atoms with Crippen LogP contribution in [-0.2, 0) is 17.6 Å². The number of ketones is 1. The van der Waals surface area contributed by atoms with Crippen LogP contribution in [0, 0.1) is 0 Å². The van der Waals surface area contributed by atoms with E-state index in [1.165, 1.54) is 0 Å². The van der Waals surface area contributed by atoms with Crippen molar-refractivity contribution in [1.82, 2.24) is 4.98 Å². The van der Waals surface area contributed by atoms with Crippen LogP contribution in [0.3, 0.4) is 0 Å². The molecular formula is C12H11NOS. The zero-order valence-corrected chi connectivity index (χ0v) is 9.04. The lowest BCUT2D eigenvalue weighted by Crippen LogP contribution is -2.05. The molecule has 0 amide bonds. The van der Waals surface area contributed by atoms with Gasteiger partial charge in [0.1, 0.15) is 5.78 Å². The van der Waals surface area contributed by atoms with Gasteiger partial charge in [0.2, 0.25) is 0 Å². The maximum Gasteiger partial charge on any atom is 0.142 e. The van der Waals surface area contributed by atoms with Crippen molar-refractivity contribution in [3.63, 3.8) is 0 Å². The lowest BCUT2D eigenvalue weighted by molar-refractivity contribution is -0.117. The minimum absolute atomic E-state index is 0.241. The summed E-state index contributed by atoms with van der Waals surface area (Å²) in [6.07, 6.45) is 4.47. The normalized spacial score (nSPS) is 10.1. The van der Waals surface area contributed by atoms with Gasteiger partial charge in [-0.15, -0.1) is 11.3 Å². The topological polar surface area (TPSA) is 30.0 Å². The van der Waals surface area contributed by atoms with Crippen molar-refractivity contribution in [3.8, 4) is 0 Å². The summed E-state index contributed by atoms with van der Waals surface area (Å²) in [5.41, 5.74) is 0.985. The predicted molar refractivity (Wildman–Crippen MR) is 61.0 cm³/mol. The lowest BCUT2D eigenvalue weighted by atomic mass is 10.1. The molecular weight excluding hydrogens is 206 g/mol. The number of thiophene rings is 1. The van der Waals surface area contributed by atoms with Gasteiger partial charge in [-0.1, -0.05) is 12.1 Å². The van der Waals surface area contributed by atoms with Crippen LogP contribution in [0.25, 0.3) is 0 Å². The molecule has 0 aliphatic rings. The summed E-state index contributed by atoms with van der Waals surface area (Å²) in [5, 5.41) is 1.99. The second-order valence-corrected chi connectivity index (χ2v) is 4.37. The second kappa shape index (κ2) is 4.84. The first-order valence-corrected chi connectivity index (χ1v) is 5.65. The minimum Gasteiger partial charge on any atom is -0.299 e. The summed E-state index contributed by atoms with van der Waals surface area (Å²) < 4.78 is 0. The molecule has 0 spiro atoms. The highest BCUT2D eigenvalue weighted by atomic mass is 32.1. The van der Waals surface area contributed by atoms with Crippen molar-refractivity contribution >= 4 is 17.1 Å². The second-order valence-electron chi connectivity index (χ2n) is 3.33. The SMILES string of the molecule is O=C(Cc1cccnc1)Cc1cccs1. The maximum atomic E-state index is 11.7. The van der Waals surface area contributed by atoms with Gasteiger partial charge in [0.15, 0.2) is 0 Å². The summed E-state index contributed by atoms with van der Waals surface area (Å²) in [6.45, 7) is 0. The minimum atomic E-state index is 0.241. The van der Waals surface area contributed by atoms with Crippen molar-refractivity contribution in [2.75, 3.05) is 0 Å². The Hall–Kier alpha value is -1.48. The van der Waals surface area contributed by atoms with Crippen LogP contribution in [0.2, 0.25) is 0 Å². The Morgan fingerprint density at radius 2 is 2.20 bits per heavy atom. The molecule has 3 heteroatoms. The van der Waals surface area contributed by atoms with Crippen molar-refractivity contribution in [2.24, 2.45) is 0 Å². The number of pyridine rings is 1. The van der Waals surface area contributed by atoms with E-state index in [0.717, 1.165) is 10.4 Å². The number of carbonyl (C=O) groups excluding carboxylic acids is 1. The highest BCUT2D eigenvalue weighted by molar-refractivity contribution is 7.10. The molecule has 0 aliphatic heterocycles. The van der Waals surface area contributed by atoms with Gasteiger partial charge in [-0.25, -0.2) is 0 Å². The number of nitrogens with zero attached hydrogens (tertiary/aromatic N) is 1. The van der Waals surface area contributed by atoms with Crippen LogP contribution in [0.4, 0.5) is 0 Å². The van der Waals surface area contributed by atoms with E-state index < -0.39 is 0 Å². The number of aromatic nitrogens is 1. The molecule has 2 heterocycles. The quantitative estimate of drug-likeness (QED) is 0.787. The fraction of sp³-hybridized carbons (Fsp3) is 0.167. The van der Waals surface area contributed by atoms with Crippen LogP contribution >= 0.6 is 11.3 Å². The summed E-state index contributed by atoms with van der Waals surface area (Å²) in [4.78, 5) is 16.8. The predicted octanol–water partition coefficient (Wildman–Crippen LogP) is 2.50. The van der Waals surface area contributed by atoms with Crippen LogP contribution in [-0.4, -0.2) is 10.8 Å². The highest BCUT2D eigenvalue weighted by Gasteiger charge is 2.05. The van der Waals surface area contributed by atoms with E-state index in [9.17, 15) is 4.79 Å². The van der Waals surface area contributed by atoms with E-state index in [1.807, 2.05) is 29.6 Å². The van der Waals surface area contributed by atoms with Crippen molar-refractivity contribution in [2.45, 2.75) is 12.8 Å². The van der Waals surface area contributed by atoms with Crippen LogP contribution in [0.5, 0.6) is 0 Å². The summed E-state index contributed by atoms with van der Waals surface area (Å²) in [5.74, 6) is 0.241. The van der Waals surface area contributed by atoms with E-state index in [4.69, 9.17) is 0 Å².